The van der Waals surface area contributed by atoms with Gasteiger partial charge in [0.15, 0.2) is 5.84 Å². The van der Waals surface area contributed by atoms with Gasteiger partial charge in [-0.05, 0) is 102 Å². The Hall–Kier alpha value is -7.35. The van der Waals surface area contributed by atoms with Gasteiger partial charge in [0.2, 0.25) is 0 Å². The minimum absolute atomic E-state index is 0.172. The minimum atomic E-state index is -0.232. The summed E-state index contributed by atoms with van der Waals surface area (Å²) < 4.78 is 0. The van der Waals surface area contributed by atoms with Crippen LogP contribution in [0.5, 0.6) is 0 Å². The first kappa shape index (κ1) is 34.2. The first-order valence-electron chi connectivity index (χ1n) is 19.4. The molecule has 270 valence electrons. The number of hydrogen-bond acceptors (Lipinski definition) is 4. The normalized spacial score (nSPS) is 15.1. The fourth-order valence-electron chi connectivity index (χ4n) is 8.39. The molecule has 1 aliphatic heterocycles. The van der Waals surface area contributed by atoms with Crippen molar-refractivity contribution < 1.29 is 0 Å². The van der Waals surface area contributed by atoms with Crippen molar-refractivity contribution in [3.8, 4) is 50.6 Å². The quantitative estimate of drug-likeness (QED) is 0.185. The zero-order valence-corrected chi connectivity index (χ0v) is 31.7. The Morgan fingerprint density at radius 3 is 1.61 bits per heavy atom. The van der Waals surface area contributed by atoms with Crippen LogP contribution in [0.2, 0.25) is 0 Å². The Balaban J connectivity index is 0.904. The first-order chi connectivity index (χ1) is 27.9. The van der Waals surface area contributed by atoms with Gasteiger partial charge < -0.3 is 5.32 Å². The molecule has 57 heavy (non-hydrogen) atoms. The summed E-state index contributed by atoms with van der Waals surface area (Å²) in [4.78, 5) is 9.96. The summed E-state index contributed by atoms with van der Waals surface area (Å²) in [6, 6.07) is 66.6. The number of aliphatic imine (C=N–C) groups is 2. The molecule has 1 N–H and O–H groups in total. The van der Waals surface area contributed by atoms with Gasteiger partial charge in [-0.25, -0.2) is 9.98 Å². The first-order valence-corrected chi connectivity index (χ1v) is 19.4. The van der Waals surface area contributed by atoms with Gasteiger partial charge in [0.25, 0.3) is 0 Å². The lowest BCUT2D eigenvalue weighted by molar-refractivity contribution is 0.660. The number of hydrogen-bond donors (Lipinski definition) is 1. The Labute approximate surface area is 333 Å². The number of rotatable bonds is 6. The molecule has 0 spiro atoms. The maximum absolute atomic E-state index is 9.52. The largest absolute Gasteiger partial charge is 0.344 e. The van der Waals surface area contributed by atoms with Crippen LogP contribution in [0.25, 0.3) is 55.3 Å². The van der Waals surface area contributed by atoms with Crippen LogP contribution in [0.3, 0.4) is 0 Å². The van der Waals surface area contributed by atoms with Gasteiger partial charge in [-0.15, -0.1) is 0 Å². The van der Waals surface area contributed by atoms with Crippen LogP contribution < -0.4 is 5.32 Å². The SMILES string of the molecule is CC1(C)c2cc(C#N)ccc2-c2ccc(-c3ccc(-c4ccc5ccc(-c6ccc(C7=NC(c8ccccc8)=NC(c8ccccc8)N7)cc6)cc5c4)cc3)cc21. The molecule has 1 unspecified atom stereocenters. The van der Waals surface area contributed by atoms with Crippen molar-refractivity contribution >= 4 is 22.4 Å². The van der Waals surface area contributed by atoms with E-state index in [0.29, 0.717) is 5.56 Å². The molecule has 1 aliphatic carbocycles. The maximum Gasteiger partial charge on any atom is 0.159 e. The van der Waals surface area contributed by atoms with E-state index in [0.717, 1.165) is 33.9 Å². The average molecular weight is 731 g/mol. The molecule has 2 aliphatic rings. The summed E-state index contributed by atoms with van der Waals surface area (Å²) in [7, 11) is 0. The number of benzene rings is 8. The summed E-state index contributed by atoms with van der Waals surface area (Å²) in [6.45, 7) is 4.52. The molecule has 0 bridgehead atoms. The molecule has 0 amide bonds. The third-order valence-corrected chi connectivity index (χ3v) is 11.6. The van der Waals surface area contributed by atoms with Crippen molar-refractivity contribution in [1.29, 1.82) is 5.26 Å². The van der Waals surface area contributed by atoms with Crippen molar-refractivity contribution in [3.05, 3.63) is 215 Å². The second kappa shape index (κ2) is 13.7. The average Bonchev–Trinajstić information content (AvgIpc) is 3.51. The Morgan fingerprint density at radius 2 is 1.00 bits per heavy atom. The molecule has 1 atom stereocenters. The molecule has 4 nitrogen and oxygen atoms in total. The molecule has 8 aromatic carbocycles. The molecule has 8 aromatic rings. The summed E-state index contributed by atoms with van der Waals surface area (Å²) >= 11 is 0. The lowest BCUT2D eigenvalue weighted by Crippen LogP contribution is -2.33. The molecule has 1 heterocycles. The molecule has 10 rings (SSSR count). The highest BCUT2D eigenvalue weighted by Gasteiger charge is 2.35. The highest BCUT2D eigenvalue weighted by atomic mass is 15.2. The molecule has 0 aromatic heterocycles. The monoisotopic (exact) mass is 730 g/mol. The van der Waals surface area contributed by atoms with Gasteiger partial charge in [-0.2, -0.15) is 5.26 Å². The van der Waals surface area contributed by atoms with Crippen LogP contribution in [0.1, 0.15) is 53.4 Å². The predicted octanol–water partition coefficient (Wildman–Crippen LogP) is 12.5. The minimum Gasteiger partial charge on any atom is -0.344 e. The maximum atomic E-state index is 9.52. The molecular weight excluding hydrogens is 693 g/mol. The lowest BCUT2D eigenvalue weighted by Gasteiger charge is -2.23. The Morgan fingerprint density at radius 1 is 0.491 bits per heavy atom. The van der Waals surface area contributed by atoms with Gasteiger partial charge in [-0.1, -0.05) is 166 Å². The molecule has 0 saturated carbocycles. The van der Waals surface area contributed by atoms with E-state index in [4.69, 9.17) is 9.98 Å². The van der Waals surface area contributed by atoms with Crippen molar-refractivity contribution in [3.63, 3.8) is 0 Å². The molecule has 0 radical (unpaired) electrons. The highest BCUT2D eigenvalue weighted by molar-refractivity contribution is 6.13. The summed E-state index contributed by atoms with van der Waals surface area (Å²) in [5, 5.41) is 15.5. The van der Waals surface area contributed by atoms with Crippen LogP contribution in [-0.4, -0.2) is 11.7 Å². The van der Waals surface area contributed by atoms with Crippen molar-refractivity contribution in [2.45, 2.75) is 25.4 Å². The third-order valence-electron chi connectivity index (χ3n) is 11.6. The summed E-state index contributed by atoms with van der Waals surface area (Å²) in [5.74, 6) is 1.52. The molecule has 4 heteroatoms. The van der Waals surface area contributed by atoms with Gasteiger partial charge in [-0.3, -0.25) is 0 Å². The standard InChI is InChI=1S/C53H38N4/c1-53(2)48-29-34(33-54)13-27-46(48)47-28-26-44(32-49(47)53)37-16-14-35(15-17-37)42-24-20-38-21-25-43(31-45(38)30-42)36-18-22-41(23-19-36)52-56-50(39-9-5-3-6-10-39)55-51(57-52)40-11-7-4-8-12-40/h3-32,50H,1-2H3,(H,55,56,57). The number of fused-ring (bicyclic) bond motifs is 4. The van der Waals surface area contributed by atoms with Gasteiger partial charge in [0, 0.05) is 16.5 Å². The third kappa shape index (κ3) is 6.20. The van der Waals surface area contributed by atoms with Crippen molar-refractivity contribution in [1.82, 2.24) is 5.32 Å². The predicted molar refractivity (Wildman–Crippen MR) is 234 cm³/mol. The topological polar surface area (TPSA) is 60.5 Å². The molecule has 0 fully saturated rings. The van der Waals surface area contributed by atoms with Gasteiger partial charge in [0.05, 0.1) is 11.6 Å². The van der Waals surface area contributed by atoms with Crippen LogP contribution in [0.15, 0.2) is 192 Å². The van der Waals surface area contributed by atoms with Crippen molar-refractivity contribution in [2.75, 3.05) is 0 Å². The Bertz CT molecular complexity index is 2930. The van der Waals surface area contributed by atoms with Crippen LogP contribution in [-0.2, 0) is 5.41 Å². The molecular formula is C53H38N4. The van der Waals surface area contributed by atoms with Crippen molar-refractivity contribution in [2.24, 2.45) is 9.98 Å². The number of nitriles is 1. The number of nitrogens with zero attached hydrogens (tertiary/aromatic N) is 3. The summed E-state index contributed by atoms with van der Waals surface area (Å²) in [5.41, 5.74) is 15.7. The van der Waals surface area contributed by atoms with Crippen LogP contribution in [0.4, 0.5) is 0 Å². The van der Waals surface area contributed by atoms with E-state index in [9.17, 15) is 5.26 Å². The second-order valence-electron chi connectivity index (χ2n) is 15.4. The number of nitrogens with one attached hydrogen (secondary N) is 1. The highest BCUT2D eigenvalue weighted by Crippen LogP contribution is 2.50. The van der Waals surface area contributed by atoms with Gasteiger partial charge >= 0.3 is 0 Å². The van der Waals surface area contributed by atoms with Crippen LogP contribution >= 0.6 is 0 Å². The number of amidine groups is 2. The lowest BCUT2D eigenvalue weighted by atomic mass is 9.81. The Kier molecular flexibility index (Phi) is 8.24. The smallest absolute Gasteiger partial charge is 0.159 e. The van der Waals surface area contributed by atoms with Gasteiger partial charge in [0.1, 0.15) is 12.0 Å². The molecule has 0 saturated heterocycles. The van der Waals surface area contributed by atoms with E-state index in [-0.39, 0.29) is 11.6 Å². The zero-order valence-electron chi connectivity index (χ0n) is 31.7. The van der Waals surface area contributed by atoms with E-state index in [1.165, 1.54) is 60.8 Å². The summed E-state index contributed by atoms with van der Waals surface area (Å²) in [6.07, 6.45) is -0.232. The van der Waals surface area contributed by atoms with E-state index in [2.05, 4.69) is 165 Å². The van der Waals surface area contributed by atoms with E-state index in [1.807, 2.05) is 42.5 Å². The zero-order chi connectivity index (χ0) is 38.5. The van der Waals surface area contributed by atoms with E-state index in [1.54, 1.807) is 0 Å². The fraction of sp³-hybridized carbons (Fsp3) is 0.0755. The van der Waals surface area contributed by atoms with E-state index < -0.39 is 0 Å². The van der Waals surface area contributed by atoms with E-state index >= 15 is 0 Å². The fourth-order valence-corrected chi connectivity index (χ4v) is 8.39. The second-order valence-corrected chi connectivity index (χ2v) is 15.4. The van der Waals surface area contributed by atoms with Crippen LogP contribution in [0, 0.1) is 11.3 Å².